The zero-order chi connectivity index (χ0) is 13.5. The van der Waals surface area contributed by atoms with Crippen LogP contribution in [0.3, 0.4) is 0 Å². The highest BCUT2D eigenvalue weighted by atomic mass is 79.9. The Kier molecular flexibility index (Phi) is 4.07. The number of aryl methyl sites for hydroxylation is 1. The molecule has 0 saturated carbocycles. The van der Waals surface area contributed by atoms with Crippen molar-refractivity contribution in [2.75, 3.05) is 4.72 Å². The highest BCUT2D eigenvalue weighted by Gasteiger charge is 2.22. The van der Waals surface area contributed by atoms with Crippen molar-refractivity contribution >= 4 is 70.7 Å². The second-order valence-electron chi connectivity index (χ2n) is 3.20. The number of rotatable bonds is 3. The predicted molar refractivity (Wildman–Crippen MR) is 76.8 cm³/mol. The first-order valence-electron chi connectivity index (χ1n) is 4.40. The van der Waals surface area contributed by atoms with Crippen molar-refractivity contribution in [3.05, 3.63) is 25.0 Å². The average Bonchev–Trinajstić information content (AvgIpc) is 2.77. The number of thiophene rings is 1. The fourth-order valence-electron chi connectivity index (χ4n) is 1.05. The molecule has 0 aromatic carbocycles. The maximum atomic E-state index is 12.0. The third kappa shape index (κ3) is 2.74. The Labute approximate surface area is 129 Å². The van der Waals surface area contributed by atoms with Gasteiger partial charge in [-0.25, -0.2) is 13.1 Å². The summed E-state index contributed by atoms with van der Waals surface area (Å²) in [5.74, 6) is 0.0353. The summed E-state index contributed by atoms with van der Waals surface area (Å²) < 4.78 is 32.7. The van der Waals surface area contributed by atoms with Gasteiger partial charge < -0.3 is 4.52 Å². The van der Waals surface area contributed by atoms with E-state index in [9.17, 15) is 8.42 Å². The van der Waals surface area contributed by atoms with Gasteiger partial charge in [0.1, 0.15) is 13.0 Å². The maximum absolute atomic E-state index is 12.0. The fraction of sp³-hybridized carbons (Fsp3) is 0.125. The molecular weight excluding hydrogens is 431 g/mol. The molecule has 0 fully saturated rings. The summed E-state index contributed by atoms with van der Waals surface area (Å²) in [6.45, 7) is 1.68. The molecule has 1 N–H and O–H groups in total. The van der Waals surface area contributed by atoms with Crippen molar-refractivity contribution in [2.45, 2.75) is 11.1 Å². The van der Waals surface area contributed by atoms with Crippen LogP contribution in [-0.4, -0.2) is 13.6 Å². The highest BCUT2D eigenvalue weighted by Crippen LogP contribution is 2.36. The molecule has 2 rings (SSSR count). The molecule has 0 spiro atoms. The van der Waals surface area contributed by atoms with E-state index in [4.69, 9.17) is 16.1 Å². The monoisotopic (exact) mass is 434 g/mol. The first-order chi connectivity index (χ1) is 8.31. The average molecular weight is 437 g/mol. The molecule has 2 aromatic rings. The van der Waals surface area contributed by atoms with Gasteiger partial charge in [0, 0.05) is 4.47 Å². The van der Waals surface area contributed by atoms with Gasteiger partial charge in [-0.3, -0.25) is 0 Å². The van der Waals surface area contributed by atoms with E-state index in [2.05, 4.69) is 41.7 Å². The molecular formula is C8H5Br2ClN2O3S2. The quantitative estimate of drug-likeness (QED) is 0.789. The Morgan fingerprint density at radius 1 is 1.50 bits per heavy atom. The van der Waals surface area contributed by atoms with Crippen molar-refractivity contribution < 1.29 is 12.9 Å². The van der Waals surface area contributed by atoms with Crippen LogP contribution < -0.4 is 4.72 Å². The molecule has 0 aliphatic heterocycles. The van der Waals surface area contributed by atoms with E-state index in [1.54, 1.807) is 6.92 Å². The molecule has 2 aromatic heterocycles. The number of nitrogens with one attached hydrogen (secondary N) is 1. The lowest BCUT2D eigenvalue weighted by Crippen LogP contribution is -2.11. The first kappa shape index (κ1) is 14.3. The van der Waals surface area contributed by atoms with E-state index in [0.29, 0.717) is 19.0 Å². The van der Waals surface area contributed by atoms with E-state index in [-0.39, 0.29) is 10.1 Å². The summed E-state index contributed by atoms with van der Waals surface area (Å²) in [7, 11) is -3.73. The number of anilines is 1. The summed E-state index contributed by atoms with van der Waals surface area (Å²) >= 11 is 13.1. The van der Waals surface area contributed by atoms with Crippen LogP contribution in [-0.2, 0) is 10.0 Å². The highest BCUT2D eigenvalue weighted by molar-refractivity contribution is 9.11. The molecule has 0 radical (unpaired) electrons. The molecule has 0 bridgehead atoms. The van der Waals surface area contributed by atoms with E-state index in [1.807, 2.05) is 0 Å². The molecule has 0 saturated heterocycles. The largest absolute Gasteiger partial charge is 0.336 e. The van der Waals surface area contributed by atoms with Crippen LogP contribution in [0.4, 0.5) is 5.88 Å². The van der Waals surface area contributed by atoms with Crippen LogP contribution in [0, 0.1) is 6.92 Å². The fourth-order valence-corrected chi connectivity index (χ4v) is 4.73. The lowest BCUT2D eigenvalue weighted by atomic mass is 10.5. The maximum Gasteiger partial charge on any atom is 0.273 e. The van der Waals surface area contributed by atoms with Crippen molar-refractivity contribution in [3.8, 4) is 0 Å². The SMILES string of the molecule is Cc1noc(NS(=O)(=O)c2cc(Br)c(Cl)s2)c1Br. The van der Waals surface area contributed by atoms with Gasteiger partial charge >= 0.3 is 0 Å². The lowest BCUT2D eigenvalue weighted by Gasteiger charge is -2.01. The van der Waals surface area contributed by atoms with Crippen LogP contribution in [0.2, 0.25) is 4.34 Å². The number of aromatic nitrogens is 1. The normalized spacial score (nSPS) is 11.8. The van der Waals surface area contributed by atoms with Crippen molar-refractivity contribution in [2.24, 2.45) is 0 Å². The predicted octanol–water partition coefficient (Wildman–Crippen LogP) is 4.02. The molecule has 0 aliphatic carbocycles. The van der Waals surface area contributed by atoms with E-state index in [0.717, 1.165) is 11.3 Å². The van der Waals surface area contributed by atoms with Crippen molar-refractivity contribution in [3.63, 3.8) is 0 Å². The summed E-state index contributed by atoms with van der Waals surface area (Å²) in [6.07, 6.45) is 0. The topological polar surface area (TPSA) is 72.2 Å². The van der Waals surface area contributed by atoms with Gasteiger partial charge in [0.2, 0.25) is 0 Å². The summed E-state index contributed by atoms with van der Waals surface area (Å²) in [4.78, 5) is 0. The van der Waals surface area contributed by atoms with E-state index >= 15 is 0 Å². The van der Waals surface area contributed by atoms with Crippen LogP contribution in [0.5, 0.6) is 0 Å². The van der Waals surface area contributed by atoms with Crippen LogP contribution in [0.25, 0.3) is 0 Å². The van der Waals surface area contributed by atoms with Gasteiger partial charge in [-0.15, -0.1) is 11.3 Å². The first-order valence-corrected chi connectivity index (χ1v) is 8.67. The number of hydrogen-bond acceptors (Lipinski definition) is 5. The van der Waals surface area contributed by atoms with Gasteiger partial charge in [0.25, 0.3) is 15.9 Å². The minimum absolute atomic E-state index is 0.0353. The van der Waals surface area contributed by atoms with Crippen molar-refractivity contribution in [1.82, 2.24) is 5.16 Å². The van der Waals surface area contributed by atoms with Gasteiger partial charge in [-0.05, 0) is 44.8 Å². The third-order valence-corrected chi connectivity index (χ3v) is 7.12. The Bertz CT molecular complexity index is 676. The molecule has 10 heteroatoms. The van der Waals surface area contributed by atoms with Crippen LogP contribution in [0.1, 0.15) is 5.69 Å². The standard InChI is InChI=1S/C8H5Br2ClN2O3S2/c1-3-6(10)8(16-12-3)13-18(14,15)5-2-4(9)7(11)17-5/h2,13H,1H3. The molecule has 0 amide bonds. The second-order valence-corrected chi connectivity index (χ2v) is 8.41. The Balaban J connectivity index is 2.36. The molecule has 18 heavy (non-hydrogen) atoms. The molecule has 0 atom stereocenters. The molecule has 98 valence electrons. The molecule has 2 heterocycles. The van der Waals surface area contributed by atoms with Gasteiger partial charge in [-0.2, -0.15) is 0 Å². The smallest absolute Gasteiger partial charge is 0.273 e. The summed E-state index contributed by atoms with van der Waals surface area (Å²) in [5, 5.41) is 3.64. The minimum Gasteiger partial charge on any atom is -0.336 e. The Morgan fingerprint density at radius 2 is 2.17 bits per heavy atom. The van der Waals surface area contributed by atoms with E-state index < -0.39 is 10.0 Å². The van der Waals surface area contributed by atoms with Crippen LogP contribution in [0.15, 0.2) is 23.7 Å². The summed E-state index contributed by atoms with van der Waals surface area (Å²) in [6, 6.07) is 1.42. The molecule has 0 aliphatic rings. The Hall–Kier alpha value is -0.0900. The van der Waals surface area contributed by atoms with Gasteiger partial charge in [0.15, 0.2) is 0 Å². The van der Waals surface area contributed by atoms with Crippen LogP contribution >= 0.6 is 54.8 Å². The summed E-state index contributed by atoms with van der Waals surface area (Å²) in [5.41, 5.74) is 0.554. The Morgan fingerprint density at radius 3 is 2.61 bits per heavy atom. The van der Waals surface area contributed by atoms with Crippen molar-refractivity contribution in [1.29, 1.82) is 0 Å². The lowest BCUT2D eigenvalue weighted by molar-refractivity contribution is 0.430. The number of hydrogen-bond donors (Lipinski definition) is 1. The third-order valence-electron chi connectivity index (χ3n) is 1.91. The van der Waals surface area contributed by atoms with Gasteiger partial charge in [0.05, 0.1) is 5.69 Å². The second kappa shape index (κ2) is 5.12. The minimum atomic E-state index is -3.73. The number of nitrogens with zero attached hydrogens (tertiary/aromatic N) is 1. The zero-order valence-electron chi connectivity index (χ0n) is 8.70. The number of sulfonamides is 1. The van der Waals surface area contributed by atoms with Gasteiger partial charge in [-0.1, -0.05) is 16.8 Å². The molecule has 5 nitrogen and oxygen atoms in total. The van der Waals surface area contributed by atoms with E-state index in [1.165, 1.54) is 6.07 Å². The number of halogens is 3. The molecule has 0 unspecified atom stereocenters. The zero-order valence-corrected chi connectivity index (χ0v) is 14.3.